The van der Waals surface area contributed by atoms with Crippen LogP contribution < -0.4 is 0 Å². The second-order valence-electron chi connectivity index (χ2n) is 5.91. The highest BCUT2D eigenvalue weighted by Crippen LogP contribution is 2.17. The van der Waals surface area contributed by atoms with Gasteiger partial charge in [-0.3, -0.25) is 4.79 Å². The van der Waals surface area contributed by atoms with Crippen molar-refractivity contribution in [2.24, 2.45) is 11.3 Å². The highest BCUT2D eigenvalue weighted by Gasteiger charge is 2.09. The third kappa shape index (κ3) is 11.8. The van der Waals surface area contributed by atoms with Gasteiger partial charge in [0.2, 0.25) is 0 Å². The van der Waals surface area contributed by atoms with Crippen molar-refractivity contribution in [3.8, 4) is 0 Å². The number of ether oxygens (including phenoxy) is 2. The van der Waals surface area contributed by atoms with Gasteiger partial charge < -0.3 is 9.47 Å². The molecule has 0 rings (SSSR count). The Morgan fingerprint density at radius 2 is 1.53 bits per heavy atom. The number of ketones is 1. The molecule has 0 heterocycles. The summed E-state index contributed by atoms with van der Waals surface area (Å²) in [6.07, 6.45) is 1.57. The van der Waals surface area contributed by atoms with Crippen LogP contribution in [0.3, 0.4) is 0 Å². The first kappa shape index (κ1) is 16.6. The molecule has 0 aromatic carbocycles. The predicted molar refractivity (Wildman–Crippen MR) is 70.2 cm³/mol. The lowest BCUT2D eigenvalue weighted by Crippen LogP contribution is -2.14. The van der Waals surface area contributed by atoms with Crippen molar-refractivity contribution in [3.05, 3.63) is 0 Å². The Hall–Kier alpha value is -0.410. The van der Waals surface area contributed by atoms with Gasteiger partial charge in [-0.05, 0) is 11.8 Å². The SMILES string of the molecule is CC(C)C(=O)CCOCCOCCC(C)(C)C. The van der Waals surface area contributed by atoms with E-state index in [0.29, 0.717) is 31.7 Å². The van der Waals surface area contributed by atoms with Crippen LogP contribution in [0.15, 0.2) is 0 Å². The van der Waals surface area contributed by atoms with Crippen LogP contribution >= 0.6 is 0 Å². The second kappa shape index (κ2) is 8.65. The van der Waals surface area contributed by atoms with Crippen molar-refractivity contribution in [1.82, 2.24) is 0 Å². The van der Waals surface area contributed by atoms with E-state index in [2.05, 4.69) is 20.8 Å². The first-order valence-electron chi connectivity index (χ1n) is 6.51. The van der Waals surface area contributed by atoms with Crippen molar-refractivity contribution in [1.29, 1.82) is 0 Å². The van der Waals surface area contributed by atoms with Crippen molar-refractivity contribution in [3.63, 3.8) is 0 Å². The van der Waals surface area contributed by atoms with Crippen LogP contribution in [-0.2, 0) is 14.3 Å². The van der Waals surface area contributed by atoms with Gasteiger partial charge in [-0.15, -0.1) is 0 Å². The largest absolute Gasteiger partial charge is 0.379 e. The summed E-state index contributed by atoms with van der Waals surface area (Å²) in [7, 11) is 0. The van der Waals surface area contributed by atoms with Gasteiger partial charge >= 0.3 is 0 Å². The normalized spacial score (nSPS) is 12.1. The fourth-order valence-corrected chi connectivity index (χ4v) is 1.16. The molecule has 3 heteroatoms. The Morgan fingerprint density at radius 1 is 1.00 bits per heavy atom. The molecular weight excluding hydrogens is 216 g/mol. The maximum atomic E-state index is 11.3. The summed E-state index contributed by atoms with van der Waals surface area (Å²) in [5.41, 5.74) is 0.324. The van der Waals surface area contributed by atoms with Gasteiger partial charge in [0.1, 0.15) is 5.78 Å². The standard InChI is InChI=1S/C14H28O3/c1-12(2)13(15)6-8-16-10-11-17-9-7-14(3,4)5/h12H,6-11H2,1-5H3. The summed E-state index contributed by atoms with van der Waals surface area (Å²) in [5.74, 6) is 0.375. The van der Waals surface area contributed by atoms with Crippen molar-refractivity contribution in [2.45, 2.75) is 47.5 Å². The van der Waals surface area contributed by atoms with E-state index in [-0.39, 0.29) is 11.7 Å². The number of carbonyl (C=O) groups is 1. The van der Waals surface area contributed by atoms with E-state index in [1.165, 1.54) is 0 Å². The number of rotatable bonds is 9. The molecule has 0 aliphatic carbocycles. The van der Waals surface area contributed by atoms with Crippen LogP contribution in [0.4, 0.5) is 0 Å². The molecule has 0 saturated heterocycles. The van der Waals surface area contributed by atoms with E-state index in [0.717, 1.165) is 13.0 Å². The van der Waals surface area contributed by atoms with Gasteiger partial charge in [-0.25, -0.2) is 0 Å². The highest BCUT2D eigenvalue weighted by atomic mass is 16.5. The molecule has 0 aliphatic heterocycles. The molecule has 0 aromatic heterocycles. The Balaban J connectivity index is 3.22. The van der Waals surface area contributed by atoms with Crippen molar-refractivity contribution < 1.29 is 14.3 Å². The number of hydrogen-bond donors (Lipinski definition) is 0. The molecule has 0 spiro atoms. The molecule has 0 atom stereocenters. The Morgan fingerprint density at radius 3 is 2.00 bits per heavy atom. The topological polar surface area (TPSA) is 35.5 Å². The molecule has 102 valence electrons. The first-order chi connectivity index (χ1) is 7.83. The number of hydrogen-bond acceptors (Lipinski definition) is 3. The minimum Gasteiger partial charge on any atom is -0.379 e. The zero-order valence-corrected chi connectivity index (χ0v) is 12.0. The van der Waals surface area contributed by atoms with Crippen molar-refractivity contribution in [2.75, 3.05) is 26.4 Å². The molecule has 3 nitrogen and oxygen atoms in total. The van der Waals surface area contributed by atoms with Crippen LogP contribution in [-0.4, -0.2) is 32.2 Å². The first-order valence-corrected chi connectivity index (χ1v) is 6.51. The minimum atomic E-state index is 0.113. The molecule has 0 N–H and O–H groups in total. The average Bonchev–Trinajstić information content (AvgIpc) is 2.19. The zero-order chi connectivity index (χ0) is 13.3. The second-order valence-corrected chi connectivity index (χ2v) is 5.91. The fourth-order valence-electron chi connectivity index (χ4n) is 1.16. The van der Waals surface area contributed by atoms with Crippen molar-refractivity contribution >= 4 is 5.78 Å². The lowest BCUT2D eigenvalue weighted by Gasteiger charge is -2.17. The number of Topliss-reactive ketones (excluding diaryl/α,β-unsaturated/α-hetero) is 1. The molecule has 17 heavy (non-hydrogen) atoms. The summed E-state index contributed by atoms with van der Waals surface area (Å²) in [4.78, 5) is 11.3. The average molecular weight is 244 g/mol. The predicted octanol–water partition coefficient (Wildman–Crippen LogP) is 3.07. The summed E-state index contributed by atoms with van der Waals surface area (Å²) in [5, 5.41) is 0. The monoisotopic (exact) mass is 244 g/mol. The number of carbonyl (C=O) groups excluding carboxylic acids is 1. The quantitative estimate of drug-likeness (QED) is 0.585. The van der Waals surface area contributed by atoms with Gasteiger partial charge in [0.25, 0.3) is 0 Å². The van der Waals surface area contributed by atoms with E-state index in [1.807, 2.05) is 13.8 Å². The van der Waals surface area contributed by atoms with Gasteiger partial charge in [0, 0.05) is 18.9 Å². The summed E-state index contributed by atoms with van der Waals surface area (Å²) in [6, 6.07) is 0. The van der Waals surface area contributed by atoms with E-state index >= 15 is 0 Å². The van der Waals surface area contributed by atoms with Gasteiger partial charge in [-0.2, -0.15) is 0 Å². The van der Waals surface area contributed by atoms with Crippen LogP contribution in [0.2, 0.25) is 0 Å². The van der Waals surface area contributed by atoms with Crippen LogP contribution in [0, 0.1) is 11.3 Å². The Labute approximate surface area is 106 Å². The van der Waals surface area contributed by atoms with Crippen LogP contribution in [0.25, 0.3) is 0 Å². The fraction of sp³-hybridized carbons (Fsp3) is 0.929. The Kier molecular flexibility index (Phi) is 8.44. The van der Waals surface area contributed by atoms with E-state index in [9.17, 15) is 4.79 Å². The molecule has 0 fully saturated rings. The molecule has 0 amide bonds. The zero-order valence-electron chi connectivity index (χ0n) is 12.0. The van der Waals surface area contributed by atoms with Crippen LogP contribution in [0.5, 0.6) is 0 Å². The summed E-state index contributed by atoms with van der Waals surface area (Å²) in [6.45, 7) is 12.9. The molecule has 0 bridgehead atoms. The molecule has 0 unspecified atom stereocenters. The van der Waals surface area contributed by atoms with Gasteiger partial charge in [-0.1, -0.05) is 34.6 Å². The molecule has 0 aromatic rings. The summed E-state index contributed by atoms with van der Waals surface area (Å²) < 4.78 is 10.8. The third-order valence-corrected chi connectivity index (χ3v) is 2.51. The minimum absolute atomic E-state index is 0.113. The van der Waals surface area contributed by atoms with E-state index < -0.39 is 0 Å². The molecule has 0 aliphatic rings. The molecule has 0 saturated carbocycles. The maximum absolute atomic E-state index is 11.3. The van der Waals surface area contributed by atoms with Gasteiger partial charge in [0.15, 0.2) is 0 Å². The summed E-state index contributed by atoms with van der Waals surface area (Å²) >= 11 is 0. The highest BCUT2D eigenvalue weighted by molar-refractivity contribution is 5.80. The lowest BCUT2D eigenvalue weighted by molar-refractivity contribution is -0.123. The smallest absolute Gasteiger partial charge is 0.137 e. The molecular formula is C14H28O3. The Bertz CT molecular complexity index is 204. The third-order valence-electron chi connectivity index (χ3n) is 2.51. The lowest BCUT2D eigenvalue weighted by atomic mass is 9.93. The maximum Gasteiger partial charge on any atom is 0.137 e. The molecule has 0 radical (unpaired) electrons. The van der Waals surface area contributed by atoms with E-state index in [4.69, 9.17) is 9.47 Å². The van der Waals surface area contributed by atoms with Crippen LogP contribution in [0.1, 0.15) is 47.5 Å². The van der Waals surface area contributed by atoms with Gasteiger partial charge in [0.05, 0.1) is 19.8 Å². The van der Waals surface area contributed by atoms with E-state index in [1.54, 1.807) is 0 Å².